The van der Waals surface area contributed by atoms with E-state index in [9.17, 15) is 0 Å². The van der Waals surface area contributed by atoms with Gasteiger partial charge in [0.25, 0.3) is 0 Å². The van der Waals surface area contributed by atoms with Crippen molar-refractivity contribution in [2.24, 2.45) is 11.7 Å². The van der Waals surface area contributed by atoms with Crippen LogP contribution in [0.5, 0.6) is 0 Å². The van der Waals surface area contributed by atoms with Gasteiger partial charge in [-0.05, 0) is 36.7 Å². The molecule has 1 fully saturated rings. The molecule has 0 bridgehead atoms. The topological polar surface area (TPSA) is 26.0 Å². The van der Waals surface area contributed by atoms with Gasteiger partial charge in [-0.1, -0.05) is 37.3 Å². The predicted molar refractivity (Wildman–Crippen MR) is 60.2 cm³/mol. The molecule has 0 radical (unpaired) electrons. The quantitative estimate of drug-likeness (QED) is 0.722. The van der Waals surface area contributed by atoms with Gasteiger partial charge >= 0.3 is 0 Å². The third kappa shape index (κ3) is 2.16. The van der Waals surface area contributed by atoms with Crippen LogP contribution in [-0.2, 0) is 0 Å². The maximum atomic E-state index is 6.05. The summed E-state index contributed by atoms with van der Waals surface area (Å²) in [5.74, 6) is 1.47. The van der Waals surface area contributed by atoms with Gasteiger partial charge in [0.1, 0.15) is 0 Å². The molecule has 14 heavy (non-hydrogen) atoms. The summed E-state index contributed by atoms with van der Waals surface area (Å²) < 4.78 is 0. The first-order chi connectivity index (χ1) is 6.75. The number of rotatable bonds is 1. The zero-order valence-electron chi connectivity index (χ0n) is 8.82. The molecule has 0 spiro atoms. The van der Waals surface area contributed by atoms with Gasteiger partial charge in [-0.2, -0.15) is 0 Å². The van der Waals surface area contributed by atoms with Crippen LogP contribution < -0.4 is 5.73 Å². The summed E-state index contributed by atoms with van der Waals surface area (Å²) in [6.07, 6.45) is 3.66. The highest BCUT2D eigenvalue weighted by atomic mass is 14.6. The van der Waals surface area contributed by atoms with Crippen molar-refractivity contribution in [3.63, 3.8) is 0 Å². The summed E-state index contributed by atoms with van der Waals surface area (Å²) in [7, 11) is 0. The fourth-order valence-corrected chi connectivity index (χ4v) is 2.65. The van der Waals surface area contributed by atoms with Gasteiger partial charge in [-0.3, -0.25) is 0 Å². The van der Waals surface area contributed by atoms with Crippen molar-refractivity contribution in [3.8, 4) is 0 Å². The van der Waals surface area contributed by atoms with Crippen LogP contribution in [0.4, 0.5) is 0 Å². The summed E-state index contributed by atoms with van der Waals surface area (Å²) >= 11 is 0. The van der Waals surface area contributed by atoms with E-state index in [-0.39, 0.29) is 0 Å². The molecule has 3 atom stereocenters. The van der Waals surface area contributed by atoms with Crippen molar-refractivity contribution < 1.29 is 0 Å². The molecular formula is C13H19N. The van der Waals surface area contributed by atoms with Gasteiger partial charge in [0.05, 0.1) is 0 Å². The van der Waals surface area contributed by atoms with Gasteiger partial charge in [-0.25, -0.2) is 0 Å². The van der Waals surface area contributed by atoms with Crippen LogP contribution in [0.15, 0.2) is 30.3 Å². The Morgan fingerprint density at radius 1 is 1.07 bits per heavy atom. The number of hydrogen-bond acceptors (Lipinski definition) is 1. The molecule has 76 valence electrons. The lowest BCUT2D eigenvalue weighted by Gasteiger charge is -2.31. The molecule has 1 heteroatoms. The first-order valence-corrected chi connectivity index (χ1v) is 5.56. The van der Waals surface area contributed by atoms with Crippen LogP contribution in [-0.4, -0.2) is 6.04 Å². The highest BCUT2D eigenvalue weighted by molar-refractivity contribution is 5.20. The third-order valence-electron chi connectivity index (χ3n) is 3.25. The van der Waals surface area contributed by atoms with Crippen LogP contribution in [0.1, 0.15) is 37.7 Å². The molecule has 2 rings (SSSR count). The van der Waals surface area contributed by atoms with Crippen molar-refractivity contribution in [1.82, 2.24) is 0 Å². The Labute approximate surface area is 86.3 Å². The monoisotopic (exact) mass is 189 g/mol. The molecule has 0 saturated heterocycles. The van der Waals surface area contributed by atoms with Crippen molar-refractivity contribution in [3.05, 3.63) is 35.9 Å². The molecule has 0 unspecified atom stereocenters. The fraction of sp³-hybridized carbons (Fsp3) is 0.538. The van der Waals surface area contributed by atoms with Crippen LogP contribution in [0.25, 0.3) is 0 Å². The molecule has 0 aromatic heterocycles. The van der Waals surface area contributed by atoms with Gasteiger partial charge in [0.15, 0.2) is 0 Å². The lowest BCUT2D eigenvalue weighted by atomic mass is 9.77. The smallest absolute Gasteiger partial charge is 0.00471 e. The average Bonchev–Trinajstić information content (AvgIpc) is 2.18. The van der Waals surface area contributed by atoms with Crippen LogP contribution in [0.3, 0.4) is 0 Å². The molecule has 1 aromatic carbocycles. The Kier molecular flexibility index (Phi) is 2.87. The largest absolute Gasteiger partial charge is 0.328 e. The predicted octanol–water partition coefficient (Wildman–Crippen LogP) is 2.92. The molecule has 1 aliphatic rings. The molecule has 0 heterocycles. The summed E-state index contributed by atoms with van der Waals surface area (Å²) in [4.78, 5) is 0. The standard InChI is InChI=1S/C13H19N/c1-10-7-12(9-13(14)8-10)11-5-3-2-4-6-11/h2-6,10,12-13H,7-9,14H2,1H3/t10-,12-,13+/m0/s1. The van der Waals surface area contributed by atoms with E-state index >= 15 is 0 Å². The number of nitrogens with two attached hydrogens (primary N) is 1. The van der Waals surface area contributed by atoms with Gasteiger partial charge < -0.3 is 5.73 Å². The second kappa shape index (κ2) is 4.14. The highest BCUT2D eigenvalue weighted by Gasteiger charge is 2.24. The maximum absolute atomic E-state index is 6.05. The van der Waals surface area contributed by atoms with Crippen LogP contribution >= 0.6 is 0 Å². The van der Waals surface area contributed by atoms with Gasteiger partial charge in [-0.15, -0.1) is 0 Å². The molecule has 1 saturated carbocycles. The van der Waals surface area contributed by atoms with Crippen molar-refractivity contribution in [2.45, 2.75) is 38.1 Å². The van der Waals surface area contributed by atoms with Crippen molar-refractivity contribution >= 4 is 0 Å². The fourth-order valence-electron chi connectivity index (χ4n) is 2.65. The first-order valence-electron chi connectivity index (χ1n) is 5.56. The second-order valence-corrected chi connectivity index (χ2v) is 4.68. The zero-order chi connectivity index (χ0) is 9.97. The van der Waals surface area contributed by atoms with Crippen LogP contribution in [0.2, 0.25) is 0 Å². The van der Waals surface area contributed by atoms with Crippen molar-refractivity contribution in [2.75, 3.05) is 0 Å². The molecule has 1 nitrogen and oxygen atoms in total. The normalized spacial score (nSPS) is 32.9. The minimum Gasteiger partial charge on any atom is -0.328 e. The SMILES string of the molecule is C[C@@H]1C[C@@H](N)C[C@@H](c2ccccc2)C1. The Morgan fingerprint density at radius 2 is 1.79 bits per heavy atom. The van der Waals surface area contributed by atoms with E-state index in [0.717, 1.165) is 12.3 Å². The van der Waals surface area contributed by atoms with E-state index in [2.05, 4.69) is 37.3 Å². The number of benzene rings is 1. The van der Waals surface area contributed by atoms with Gasteiger partial charge in [0.2, 0.25) is 0 Å². The van der Waals surface area contributed by atoms with Gasteiger partial charge in [0, 0.05) is 6.04 Å². The highest BCUT2D eigenvalue weighted by Crippen LogP contribution is 2.35. The maximum Gasteiger partial charge on any atom is 0.00471 e. The Balaban J connectivity index is 2.11. The average molecular weight is 189 g/mol. The van der Waals surface area contributed by atoms with E-state index < -0.39 is 0 Å². The van der Waals surface area contributed by atoms with Crippen molar-refractivity contribution in [1.29, 1.82) is 0 Å². The second-order valence-electron chi connectivity index (χ2n) is 4.68. The summed E-state index contributed by atoms with van der Waals surface area (Å²) in [6.45, 7) is 2.31. The minimum absolute atomic E-state index is 0.406. The Hall–Kier alpha value is -0.820. The Morgan fingerprint density at radius 3 is 2.43 bits per heavy atom. The molecule has 1 aromatic rings. The van der Waals surface area contributed by atoms with E-state index in [1.54, 1.807) is 0 Å². The summed E-state index contributed by atoms with van der Waals surface area (Å²) in [5, 5.41) is 0. The van der Waals surface area contributed by atoms with E-state index in [4.69, 9.17) is 5.73 Å². The van der Waals surface area contributed by atoms with Crippen LogP contribution in [0, 0.1) is 5.92 Å². The third-order valence-corrected chi connectivity index (χ3v) is 3.25. The summed E-state index contributed by atoms with van der Waals surface area (Å²) in [5.41, 5.74) is 7.52. The summed E-state index contributed by atoms with van der Waals surface area (Å²) in [6, 6.07) is 11.2. The Bertz CT molecular complexity index is 271. The first kappa shape index (κ1) is 9.72. The van der Waals surface area contributed by atoms with E-state index in [1.807, 2.05) is 0 Å². The van der Waals surface area contributed by atoms with E-state index in [1.165, 1.54) is 18.4 Å². The zero-order valence-corrected chi connectivity index (χ0v) is 8.82. The molecule has 0 amide bonds. The molecule has 1 aliphatic carbocycles. The minimum atomic E-state index is 0.406. The lowest BCUT2D eigenvalue weighted by molar-refractivity contribution is 0.308. The lowest BCUT2D eigenvalue weighted by Crippen LogP contribution is -2.30. The molecule has 2 N–H and O–H groups in total. The number of hydrogen-bond donors (Lipinski definition) is 1. The van der Waals surface area contributed by atoms with E-state index in [0.29, 0.717) is 12.0 Å². The molecule has 0 aliphatic heterocycles. The molecular weight excluding hydrogens is 170 g/mol.